The second-order valence-electron chi connectivity index (χ2n) is 7.42. The molecule has 2 heterocycles. The number of halogens is 1. The molecule has 0 unspecified atom stereocenters. The minimum atomic E-state index is -0.192. The number of furan rings is 1. The zero-order valence-corrected chi connectivity index (χ0v) is 18.3. The molecule has 0 aliphatic rings. The highest BCUT2D eigenvalue weighted by atomic mass is 79.9. The Morgan fingerprint density at radius 2 is 1.83 bits per heavy atom. The monoisotopic (exact) mass is 464 g/mol. The molecule has 0 aliphatic carbocycles. The number of pyridine rings is 1. The van der Waals surface area contributed by atoms with Crippen molar-refractivity contribution in [3.8, 4) is 0 Å². The van der Waals surface area contributed by atoms with Gasteiger partial charge in [-0.25, -0.2) is 0 Å². The number of aromatic nitrogens is 1. The van der Waals surface area contributed by atoms with Gasteiger partial charge in [0.25, 0.3) is 11.5 Å². The first kappa shape index (κ1) is 20.2. The Bertz CT molecular complexity index is 1260. The number of aromatic amines is 1. The van der Waals surface area contributed by atoms with Gasteiger partial charge < -0.3 is 14.3 Å². The summed E-state index contributed by atoms with van der Waals surface area (Å²) in [5.74, 6) is 0.489. The molecule has 0 aliphatic heterocycles. The minimum absolute atomic E-state index is 0.168. The Hall–Kier alpha value is -3.12. The van der Waals surface area contributed by atoms with E-state index in [1.807, 2.05) is 50.2 Å². The van der Waals surface area contributed by atoms with E-state index in [9.17, 15) is 9.59 Å². The summed E-state index contributed by atoms with van der Waals surface area (Å²) in [5, 5.41) is 0.955. The van der Waals surface area contributed by atoms with Gasteiger partial charge in [-0.05, 0) is 73.3 Å². The standard InChI is InChI=1S/C24H21BrN2O3/c1-15-10-16(2)22-18(11-15)12-19(23(28)26-22)13-27(14-21-4-3-9-30-21)24(29)17-5-7-20(25)8-6-17/h3-12H,13-14H2,1-2H3,(H,26,28). The van der Waals surface area contributed by atoms with E-state index in [-0.39, 0.29) is 24.6 Å². The van der Waals surface area contributed by atoms with Crippen LogP contribution in [0.2, 0.25) is 0 Å². The SMILES string of the molecule is Cc1cc(C)c2[nH]c(=O)c(CN(Cc3ccco3)C(=O)c3ccc(Br)cc3)cc2c1. The zero-order chi connectivity index (χ0) is 21.3. The molecule has 152 valence electrons. The number of amides is 1. The topological polar surface area (TPSA) is 66.3 Å². The van der Waals surface area contributed by atoms with Gasteiger partial charge in [-0.15, -0.1) is 0 Å². The highest BCUT2D eigenvalue weighted by Gasteiger charge is 2.19. The van der Waals surface area contributed by atoms with Crippen LogP contribution < -0.4 is 5.56 Å². The van der Waals surface area contributed by atoms with Crippen LogP contribution in [0.15, 0.2) is 74.5 Å². The Kier molecular flexibility index (Phi) is 5.59. The average molecular weight is 465 g/mol. The van der Waals surface area contributed by atoms with Gasteiger partial charge in [-0.3, -0.25) is 9.59 Å². The van der Waals surface area contributed by atoms with Crippen LogP contribution >= 0.6 is 15.9 Å². The number of H-pyrrole nitrogens is 1. The Labute approximate surface area is 182 Å². The molecule has 0 saturated carbocycles. The summed E-state index contributed by atoms with van der Waals surface area (Å²) in [6, 6.07) is 16.7. The lowest BCUT2D eigenvalue weighted by Gasteiger charge is -2.22. The van der Waals surface area contributed by atoms with Crippen molar-refractivity contribution < 1.29 is 9.21 Å². The highest BCUT2D eigenvalue weighted by Crippen LogP contribution is 2.20. The number of carbonyl (C=O) groups excluding carboxylic acids is 1. The van der Waals surface area contributed by atoms with E-state index in [0.29, 0.717) is 16.9 Å². The second-order valence-corrected chi connectivity index (χ2v) is 8.33. The summed E-state index contributed by atoms with van der Waals surface area (Å²) in [5.41, 5.74) is 3.86. The molecule has 30 heavy (non-hydrogen) atoms. The zero-order valence-electron chi connectivity index (χ0n) is 16.7. The molecular weight excluding hydrogens is 444 g/mol. The number of carbonyl (C=O) groups is 1. The van der Waals surface area contributed by atoms with Crippen LogP contribution in [0, 0.1) is 13.8 Å². The molecule has 0 fully saturated rings. The molecule has 6 heteroatoms. The fourth-order valence-electron chi connectivity index (χ4n) is 3.62. The Morgan fingerprint density at radius 3 is 2.53 bits per heavy atom. The van der Waals surface area contributed by atoms with Gasteiger partial charge >= 0.3 is 0 Å². The first-order valence-electron chi connectivity index (χ1n) is 9.61. The lowest BCUT2D eigenvalue weighted by Crippen LogP contribution is -2.32. The number of aryl methyl sites for hydroxylation is 2. The predicted molar refractivity (Wildman–Crippen MR) is 120 cm³/mol. The first-order chi connectivity index (χ1) is 14.4. The number of nitrogens with one attached hydrogen (secondary N) is 1. The van der Waals surface area contributed by atoms with Gasteiger partial charge in [0.2, 0.25) is 0 Å². The van der Waals surface area contributed by atoms with Crippen molar-refractivity contribution >= 4 is 32.7 Å². The molecule has 4 aromatic rings. The van der Waals surface area contributed by atoms with Crippen molar-refractivity contribution in [2.75, 3.05) is 0 Å². The normalized spacial score (nSPS) is 11.0. The molecule has 0 atom stereocenters. The molecular formula is C24H21BrN2O3. The average Bonchev–Trinajstić information content (AvgIpc) is 3.22. The van der Waals surface area contributed by atoms with Crippen LogP contribution in [-0.2, 0) is 13.1 Å². The summed E-state index contributed by atoms with van der Waals surface area (Å²) in [4.78, 5) is 30.6. The Morgan fingerprint density at radius 1 is 1.07 bits per heavy atom. The fourth-order valence-corrected chi connectivity index (χ4v) is 3.88. The minimum Gasteiger partial charge on any atom is -0.467 e. The first-order valence-corrected chi connectivity index (χ1v) is 10.4. The third kappa shape index (κ3) is 4.24. The van der Waals surface area contributed by atoms with Gasteiger partial charge in [0.05, 0.1) is 24.9 Å². The van der Waals surface area contributed by atoms with E-state index in [2.05, 4.69) is 20.9 Å². The van der Waals surface area contributed by atoms with Crippen molar-refractivity contribution in [2.24, 2.45) is 0 Å². The van der Waals surface area contributed by atoms with Gasteiger partial charge in [-0.1, -0.05) is 27.6 Å². The van der Waals surface area contributed by atoms with E-state index in [4.69, 9.17) is 4.42 Å². The summed E-state index contributed by atoms with van der Waals surface area (Å²) in [7, 11) is 0. The van der Waals surface area contributed by atoms with E-state index < -0.39 is 0 Å². The molecule has 0 bridgehead atoms. The molecule has 5 nitrogen and oxygen atoms in total. The number of benzene rings is 2. The molecule has 0 spiro atoms. The second kappa shape index (κ2) is 8.32. The third-order valence-electron chi connectivity index (χ3n) is 5.04. The van der Waals surface area contributed by atoms with Crippen LogP contribution in [0.3, 0.4) is 0 Å². The molecule has 1 N–H and O–H groups in total. The van der Waals surface area contributed by atoms with Crippen LogP contribution in [0.4, 0.5) is 0 Å². The maximum atomic E-state index is 13.2. The quantitative estimate of drug-likeness (QED) is 0.433. The maximum absolute atomic E-state index is 13.2. The van der Waals surface area contributed by atoms with Crippen LogP contribution in [0.25, 0.3) is 10.9 Å². The fraction of sp³-hybridized carbons (Fsp3) is 0.167. The van der Waals surface area contributed by atoms with Gasteiger partial charge in [0.15, 0.2) is 0 Å². The number of rotatable bonds is 5. The van der Waals surface area contributed by atoms with E-state index in [1.165, 1.54) is 0 Å². The maximum Gasteiger partial charge on any atom is 0.254 e. The van der Waals surface area contributed by atoms with Crippen molar-refractivity contribution in [3.05, 3.63) is 104 Å². The number of nitrogens with zero attached hydrogens (tertiary/aromatic N) is 1. The molecule has 2 aromatic heterocycles. The molecule has 1 amide bonds. The molecule has 0 radical (unpaired) electrons. The largest absolute Gasteiger partial charge is 0.467 e. The van der Waals surface area contributed by atoms with Crippen LogP contribution in [-0.4, -0.2) is 15.8 Å². The van der Waals surface area contributed by atoms with Crippen molar-refractivity contribution in [3.63, 3.8) is 0 Å². The molecule has 4 rings (SSSR count). The van der Waals surface area contributed by atoms with Gasteiger partial charge in [-0.2, -0.15) is 0 Å². The van der Waals surface area contributed by atoms with E-state index >= 15 is 0 Å². The summed E-state index contributed by atoms with van der Waals surface area (Å²) >= 11 is 3.39. The summed E-state index contributed by atoms with van der Waals surface area (Å²) in [6.07, 6.45) is 1.58. The summed E-state index contributed by atoms with van der Waals surface area (Å²) in [6.45, 7) is 4.45. The van der Waals surface area contributed by atoms with Gasteiger partial charge in [0, 0.05) is 15.6 Å². The van der Waals surface area contributed by atoms with Crippen LogP contribution in [0.1, 0.15) is 32.8 Å². The highest BCUT2D eigenvalue weighted by molar-refractivity contribution is 9.10. The van der Waals surface area contributed by atoms with E-state index in [1.54, 1.807) is 29.4 Å². The third-order valence-corrected chi connectivity index (χ3v) is 5.57. The molecule has 2 aromatic carbocycles. The smallest absolute Gasteiger partial charge is 0.254 e. The lowest BCUT2D eigenvalue weighted by molar-refractivity contribution is 0.0717. The number of hydrogen-bond acceptors (Lipinski definition) is 3. The van der Waals surface area contributed by atoms with Crippen molar-refractivity contribution in [2.45, 2.75) is 26.9 Å². The van der Waals surface area contributed by atoms with Gasteiger partial charge in [0.1, 0.15) is 5.76 Å². The predicted octanol–water partition coefficient (Wildman–Crippen LogP) is 5.34. The Balaban J connectivity index is 1.72. The van der Waals surface area contributed by atoms with Crippen molar-refractivity contribution in [1.29, 1.82) is 0 Å². The number of fused-ring (bicyclic) bond motifs is 1. The lowest BCUT2D eigenvalue weighted by atomic mass is 10.0. The van der Waals surface area contributed by atoms with Crippen LogP contribution in [0.5, 0.6) is 0 Å². The summed E-state index contributed by atoms with van der Waals surface area (Å²) < 4.78 is 6.35. The van der Waals surface area contributed by atoms with Crippen molar-refractivity contribution in [1.82, 2.24) is 9.88 Å². The molecule has 0 saturated heterocycles. The number of hydrogen-bond donors (Lipinski definition) is 1. The van der Waals surface area contributed by atoms with E-state index in [0.717, 1.165) is 26.5 Å².